The topological polar surface area (TPSA) is 80.2 Å². The van der Waals surface area contributed by atoms with Crippen molar-refractivity contribution in [1.29, 1.82) is 5.26 Å². The molecule has 0 unspecified atom stereocenters. The van der Waals surface area contributed by atoms with Gasteiger partial charge in [0.05, 0.1) is 18.2 Å². The van der Waals surface area contributed by atoms with Crippen LogP contribution in [0.5, 0.6) is 0 Å². The van der Waals surface area contributed by atoms with Gasteiger partial charge in [0.25, 0.3) is 0 Å². The number of nitriles is 1. The average molecular weight is 550 g/mol. The summed E-state index contributed by atoms with van der Waals surface area (Å²) < 4.78 is 0. The molecule has 0 radical (unpaired) electrons. The molecule has 6 rings (SSSR count). The zero-order chi connectivity index (χ0) is 29.8. The van der Waals surface area contributed by atoms with Gasteiger partial charge in [0.1, 0.15) is 0 Å². The van der Waals surface area contributed by atoms with Gasteiger partial charge < -0.3 is 11.5 Å². The highest BCUT2D eigenvalue weighted by atomic mass is 14.6. The van der Waals surface area contributed by atoms with E-state index >= 15 is 0 Å². The fourth-order valence-corrected chi connectivity index (χ4v) is 5.59. The van der Waals surface area contributed by atoms with Crippen molar-refractivity contribution < 1.29 is 0 Å². The normalized spacial score (nSPS) is 10.5. The van der Waals surface area contributed by atoms with E-state index in [1.165, 1.54) is 0 Å². The summed E-state index contributed by atoms with van der Waals surface area (Å²) >= 11 is 0. The van der Waals surface area contributed by atoms with Crippen molar-refractivity contribution in [3.63, 3.8) is 0 Å². The second-order valence-electron chi connectivity index (χ2n) is 10.4. The van der Waals surface area contributed by atoms with Crippen LogP contribution in [0.3, 0.4) is 0 Å². The number of hydrogen-bond donors (Lipinski definition) is 2. The fourth-order valence-electron chi connectivity index (χ4n) is 5.59. The Morgan fingerprint density at radius 2 is 0.977 bits per heavy atom. The molecule has 0 aliphatic rings. The number of hydrogen-bond acceptors (Lipinski definition) is 3. The van der Waals surface area contributed by atoms with E-state index < -0.39 is 0 Å². The maximum Gasteiger partial charge on any atom is 0.246 e. The molecule has 0 aromatic heterocycles. The molecule has 0 spiro atoms. The first-order valence-electron chi connectivity index (χ1n) is 14.0. The van der Waals surface area contributed by atoms with Crippen molar-refractivity contribution in [2.45, 2.75) is 0 Å². The summed E-state index contributed by atoms with van der Waals surface area (Å²) in [5.41, 5.74) is 24.8. The predicted octanol–water partition coefficient (Wildman–Crippen LogP) is 6.79. The van der Waals surface area contributed by atoms with Gasteiger partial charge in [-0.3, -0.25) is 0 Å². The van der Waals surface area contributed by atoms with Gasteiger partial charge in [-0.15, -0.1) is 0 Å². The minimum absolute atomic E-state index is 0.205. The summed E-state index contributed by atoms with van der Waals surface area (Å²) in [5.74, 6) is 0. The number of nitrogens with zero attached hydrogens (tertiary/aromatic N) is 2. The minimum atomic E-state index is -0.205. The second kappa shape index (κ2) is 11.8. The molecule has 0 atom stereocenters. The van der Waals surface area contributed by atoms with Crippen molar-refractivity contribution >= 4 is 40.2 Å². The Morgan fingerprint density at radius 1 is 0.535 bits per heavy atom. The lowest BCUT2D eigenvalue weighted by atomic mass is 9.36. The molecular formula is C38H27BN4. The molecular weight excluding hydrogens is 523 g/mol. The van der Waals surface area contributed by atoms with E-state index in [4.69, 9.17) is 18.0 Å². The molecule has 6 aromatic rings. The third-order valence-electron chi connectivity index (χ3n) is 7.83. The fraction of sp³-hybridized carbons (Fsp3) is 0. The zero-order valence-corrected chi connectivity index (χ0v) is 23.4. The van der Waals surface area contributed by atoms with Crippen LogP contribution in [0.25, 0.3) is 38.2 Å². The van der Waals surface area contributed by atoms with Gasteiger partial charge in [0.15, 0.2) is 0 Å². The number of rotatable bonds is 6. The Balaban J connectivity index is 1.45. The first-order chi connectivity index (χ1) is 21.1. The maximum atomic E-state index is 9.32. The molecule has 0 amide bonds. The summed E-state index contributed by atoms with van der Waals surface area (Å²) in [7, 11) is 0. The van der Waals surface area contributed by atoms with E-state index in [-0.39, 0.29) is 6.71 Å². The van der Waals surface area contributed by atoms with Crippen LogP contribution < -0.4 is 27.9 Å². The second-order valence-corrected chi connectivity index (χ2v) is 10.4. The third-order valence-corrected chi connectivity index (χ3v) is 7.83. The first kappa shape index (κ1) is 27.2. The first-order valence-corrected chi connectivity index (χ1v) is 14.0. The predicted molar refractivity (Wildman–Crippen MR) is 180 cm³/mol. The van der Waals surface area contributed by atoms with E-state index in [0.717, 1.165) is 49.8 Å². The summed E-state index contributed by atoms with van der Waals surface area (Å²) in [6.07, 6.45) is 0. The van der Waals surface area contributed by atoms with Crippen LogP contribution in [-0.4, -0.2) is 6.71 Å². The Bertz CT molecular complexity index is 1920. The van der Waals surface area contributed by atoms with Crippen molar-refractivity contribution in [1.82, 2.24) is 0 Å². The highest BCUT2D eigenvalue weighted by molar-refractivity contribution is 6.97. The number of nitrogen functional groups attached to an aromatic ring is 2. The third kappa shape index (κ3) is 5.49. The van der Waals surface area contributed by atoms with Gasteiger partial charge in [-0.25, -0.2) is 4.85 Å². The van der Waals surface area contributed by atoms with Crippen LogP contribution in [0.2, 0.25) is 0 Å². The van der Waals surface area contributed by atoms with Crippen LogP contribution in [0, 0.1) is 17.9 Å². The van der Waals surface area contributed by atoms with E-state index in [2.05, 4.69) is 71.6 Å². The maximum absolute atomic E-state index is 9.32. The highest BCUT2D eigenvalue weighted by Gasteiger charge is 2.26. The molecule has 43 heavy (non-hydrogen) atoms. The molecule has 0 aliphatic carbocycles. The molecule has 5 heteroatoms. The molecule has 0 bridgehead atoms. The van der Waals surface area contributed by atoms with Crippen molar-refractivity contribution in [2.75, 3.05) is 11.5 Å². The molecule has 4 N–H and O–H groups in total. The Labute approximate surface area is 252 Å². The lowest BCUT2D eigenvalue weighted by Crippen LogP contribution is -2.53. The standard InChI is InChI=1S/C38H27BN4/c1-43-38-24-31(12-13-32(38)25-40)28-14-18-33(19-15-28)39(34-20-16-29(22-36(34)41)26-8-4-2-5-9-26)35-21-17-30(23-37(35)42)27-10-6-3-7-11-27/h2-24H,41-42H2. The van der Waals surface area contributed by atoms with Crippen LogP contribution in [0.15, 0.2) is 140 Å². The van der Waals surface area contributed by atoms with Crippen LogP contribution in [-0.2, 0) is 0 Å². The minimum Gasteiger partial charge on any atom is -0.399 e. The quantitative estimate of drug-likeness (QED) is 0.136. The van der Waals surface area contributed by atoms with Gasteiger partial charge in [-0.2, -0.15) is 5.26 Å². The molecule has 0 heterocycles. The Morgan fingerprint density at radius 3 is 1.44 bits per heavy atom. The lowest BCUT2D eigenvalue weighted by Gasteiger charge is -2.21. The number of anilines is 2. The Kier molecular flexibility index (Phi) is 7.47. The van der Waals surface area contributed by atoms with Crippen LogP contribution in [0.4, 0.5) is 17.1 Å². The van der Waals surface area contributed by atoms with Gasteiger partial charge in [-0.05, 0) is 62.5 Å². The Hall–Kier alpha value is -6.04. The summed E-state index contributed by atoms with van der Waals surface area (Å²) in [6, 6.07) is 48.6. The molecule has 0 aliphatic heterocycles. The van der Waals surface area contributed by atoms with Gasteiger partial charge >= 0.3 is 0 Å². The monoisotopic (exact) mass is 550 g/mol. The number of benzene rings is 6. The van der Waals surface area contributed by atoms with E-state index in [0.29, 0.717) is 22.6 Å². The SMILES string of the molecule is [C-]#[N+]c1cc(-c2ccc(B(c3ccc(-c4ccccc4)cc3N)c3ccc(-c4ccccc4)cc3N)cc2)ccc1C#N. The van der Waals surface area contributed by atoms with Crippen molar-refractivity contribution in [2.24, 2.45) is 0 Å². The van der Waals surface area contributed by atoms with Crippen molar-refractivity contribution in [3.05, 3.63) is 157 Å². The molecule has 0 fully saturated rings. The van der Waals surface area contributed by atoms with E-state index in [9.17, 15) is 5.26 Å². The van der Waals surface area contributed by atoms with Gasteiger partial charge in [0, 0.05) is 11.4 Å². The molecule has 6 aromatic carbocycles. The van der Waals surface area contributed by atoms with Crippen LogP contribution in [0.1, 0.15) is 5.56 Å². The van der Waals surface area contributed by atoms with Gasteiger partial charge in [-0.1, -0.05) is 127 Å². The summed E-state index contributed by atoms with van der Waals surface area (Å²) in [5, 5.41) is 9.32. The molecule has 0 saturated heterocycles. The highest BCUT2D eigenvalue weighted by Crippen LogP contribution is 2.28. The van der Waals surface area contributed by atoms with E-state index in [1.54, 1.807) is 12.1 Å². The average Bonchev–Trinajstić information content (AvgIpc) is 3.07. The van der Waals surface area contributed by atoms with E-state index in [1.807, 2.05) is 66.7 Å². The van der Waals surface area contributed by atoms with Gasteiger partial charge in [0.2, 0.25) is 12.4 Å². The van der Waals surface area contributed by atoms with Crippen LogP contribution >= 0.6 is 0 Å². The smallest absolute Gasteiger partial charge is 0.246 e. The van der Waals surface area contributed by atoms with Crippen molar-refractivity contribution in [3.8, 4) is 39.4 Å². The summed E-state index contributed by atoms with van der Waals surface area (Å²) in [6.45, 7) is 7.25. The summed E-state index contributed by atoms with van der Waals surface area (Å²) in [4.78, 5) is 3.53. The molecule has 4 nitrogen and oxygen atoms in total. The largest absolute Gasteiger partial charge is 0.399 e. The molecule has 0 saturated carbocycles. The lowest BCUT2D eigenvalue weighted by molar-refractivity contribution is 1.49. The number of nitrogens with two attached hydrogens (primary N) is 2. The molecule has 202 valence electrons. The zero-order valence-electron chi connectivity index (χ0n) is 23.4.